The van der Waals surface area contributed by atoms with E-state index in [2.05, 4.69) is 4.72 Å². The zero-order valence-electron chi connectivity index (χ0n) is 10.8. The summed E-state index contributed by atoms with van der Waals surface area (Å²) < 4.78 is 40.0. The van der Waals surface area contributed by atoms with Gasteiger partial charge in [0.15, 0.2) is 0 Å². The predicted molar refractivity (Wildman–Crippen MR) is 69.2 cm³/mol. The van der Waals surface area contributed by atoms with Crippen molar-refractivity contribution in [2.45, 2.75) is 37.6 Å². The lowest BCUT2D eigenvalue weighted by molar-refractivity contribution is 0.427. The number of hydrogen-bond acceptors (Lipinski definition) is 3. The first-order valence-corrected chi connectivity index (χ1v) is 7.16. The maximum atomic E-state index is 13.1. The van der Waals surface area contributed by atoms with E-state index in [1.54, 1.807) is 20.8 Å². The van der Waals surface area contributed by atoms with Gasteiger partial charge in [-0.05, 0) is 51.4 Å². The van der Waals surface area contributed by atoms with E-state index in [-0.39, 0.29) is 4.90 Å². The molecular weight excluding hydrogens is 255 g/mol. The van der Waals surface area contributed by atoms with Crippen molar-refractivity contribution in [1.29, 1.82) is 0 Å². The van der Waals surface area contributed by atoms with Crippen LogP contribution >= 0.6 is 0 Å². The molecule has 0 atom stereocenters. The maximum absolute atomic E-state index is 13.1. The molecule has 0 amide bonds. The molecule has 0 aliphatic rings. The van der Waals surface area contributed by atoms with Gasteiger partial charge in [0.2, 0.25) is 10.0 Å². The lowest BCUT2D eigenvalue weighted by Gasteiger charge is -2.25. The van der Waals surface area contributed by atoms with E-state index in [4.69, 9.17) is 5.73 Å². The second kappa shape index (κ2) is 5.34. The Morgan fingerprint density at radius 2 is 2.00 bits per heavy atom. The summed E-state index contributed by atoms with van der Waals surface area (Å²) >= 11 is 0. The standard InChI is InChI=1S/C12H19FN2O2S/c1-9-4-5-10(13)8-11(9)18(16,17)15-12(2,3)6-7-14/h4-5,8,15H,6-7,14H2,1-3H3. The highest BCUT2D eigenvalue weighted by Crippen LogP contribution is 2.19. The van der Waals surface area contributed by atoms with E-state index in [0.717, 1.165) is 6.07 Å². The summed E-state index contributed by atoms with van der Waals surface area (Å²) in [5.74, 6) is -0.572. The van der Waals surface area contributed by atoms with Crippen molar-refractivity contribution in [3.8, 4) is 0 Å². The van der Waals surface area contributed by atoms with Crippen LogP contribution in [0.15, 0.2) is 23.1 Å². The van der Waals surface area contributed by atoms with Crippen molar-refractivity contribution >= 4 is 10.0 Å². The number of sulfonamides is 1. The average Bonchev–Trinajstić information content (AvgIpc) is 2.19. The summed E-state index contributed by atoms with van der Waals surface area (Å²) in [5.41, 5.74) is 5.28. The molecule has 1 rings (SSSR count). The highest BCUT2D eigenvalue weighted by atomic mass is 32.2. The van der Waals surface area contributed by atoms with Crippen LogP contribution < -0.4 is 10.5 Å². The number of nitrogens with two attached hydrogens (primary N) is 1. The van der Waals surface area contributed by atoms with Gasteiger partial charge in [0.1, 0.15) is 5.82 Å². The quantitative estimate of drug-likeness (QED) is 0.855. The number of aryl methyl sites for hydroxylation is 1. The largest absolute Gasteiger partial charge is 0.330 e. The molecule has 6 heteroatoms. The average molecular weight is 274 g/mol. The highest BCUT2D eigenvalue weighted by molar-refractivity contribution is 7.89. The normalized spacial score (nSPS) is 12.7. The van der Waals surface area contributed by atoms with Gasteiger partial charge in [0.25, 0.3) is 0 Å². The summed E-state index contributed by atoms with van der Waals surface area (Å²) in [7, 11) is -3.74. The highest BCUT2D eigenvalue weighted by Gasteiger charge is 2.26. The number of hydrogen-bond donors (Lipinski definition) is 2. The second-order valence-corrected chi connectivity index (χ2v) is 6.59. The Labute approximate surface area is 107 Å². The lowest BCUT2D eigenvalue weighted by Crippen LogP contribution is -2.44. The van der Waals surface area contributed by atoms with Crippen molar-refractivity contribution < 1.29 is 12.8 Å². The third kappa shape index (κ3) is 3.76. The number of benzene rings is 1. The van der Waals surface area contributed by atoms with Crippen LogP contribution in [-0.4, -0.2) is 20.5 Å². The van der Waals surface area contributed by atoms with Crippen LogP contribution in [0.5, 0.6) is 0 Å². The van der Waals surface area contributed by atoms with Gasteiger partial charge in [-0.1, -0.05) is 6.07 Å². The Bertz CT molecular complexity index is 527. The van der Waals surface area contributed by atoms with Crippen LogP contribution in [0, 0.1) is 12.7 Å². The van der Waals surface area contributed by atoms with Crippen LogP contribution in [0.3, 0.4) is 0 Å². The third-order valence-corrected chi connectivity index (χ3v) is 4.46. The molecule has 0 saturated carbocycles. The Morgan fingerprint density at radius 3 is 2.56 bits per heavy atom. The van der Waals surface area contributed by atoms with Gasteiger partial charge in [-0.2, -0.15) is 0 Å². The van der Waals surface area contributed by atoms with Gasteiger partial charge in [0, 0.05) is 5.54 Å². The minimum absolute atomic E-state index is 0.0346. The fraction of sp³-hybridized carbons (Fsp3) is 0.500. The van der Waals surface area contributed by atoms with Crippen molar-refractivity contribution in [3.05, 3.63) is 29.6 Å². The van der Waals surface area contributed by atoms with Crippen LogP contribution in [0.4, 0.5) is 4.39 Å². The topological polar surface area (TPSA) is 72.2 Å². The van der Waals surface area contributed by atoms with Crippen molar-refractivity contribution in [3.63, 3.8) is 0 Å². The molecule has 1 aromatic carbocycles. The predicted octanol–water partition coefficient (Wildman–Crippen LogP) is 1.54. The molecule has 3 N–H and O–H groups in total. The second-order valence-electron chi connectivity index (χ2n) is 4.94. The van der Waals surface area contributed by atoms with E-state index in [1.807, 2.05) is 0 Å². The SMILES string of the molecule is Cc1ccc(F)cc1S(=O)(=O)NC(C)(C)CCN. The molecule has 0 bridgehead atoms. The molecule has 18 heavy (non-hydrogen) atoms. The molecular formula is C12H19FN2O2S. The van der Waals surface area contributed by atoms with E-state index < -0.39 is 21.4 Å². The van der Waals surface area contributed by atoms with Gasteiger partial charge < -0.3 is 5.73 Å². The fourth-order valence-corrected chi connectivity index (χ4v) is 3.39. The van der Waals surface area contributed by atoms with E-state index in [0.29, 0.717) is 18.5 Å². The molecule has 0 unspecified atom stereocenters. The summed E-state index contributed by atoms with van der Waals surface area (Å²) in [6.07, 6.45) is 0.501. The minimum Gasteiger partial charge on any atom is -0.330 e. The van der Waals surface area contributed by atoms with Gasteiger partial charge in [-0.25, -0.2) is 17.5 Å². The molecule has 1 aromatic rings. The summed E-state index contributed by atoms with van der Waals surface area (Å²) in [5, 5.41) is 0. The molecule has 0 heterocycles. The fourth-order valence-electron chi connectivity index (χ4n) is 1.69. The van der Waals surface area contributed by atoms with Crippen LogP contribution in [0.25, 0.3) is 0 Å². The molecule has 102 valence electrons. The molecule has 0 aromatic heterocycles. The Morgan fingerprint density at radius 1 is 1.39 bits per heavy atom. The molecule has 0 saturated heterocycles. The number of rotatable bonds is 5. The van der Waals surface area contributed by atoms with Crippen molar-refractivity contribution in [2.75, 3.05) is 6.54 Å². The molecule has 0 aliphatic carbocycles. The van der Waals surface area contributed by atoms with Gasteiger partial charge in [-0.3, -0.25) is 0 Å². The molecule has 0 fully saturated rings. The molecule has 0 radical (unpaired) electrons. The van der Waals surface area contributed by atoms with Crippen LogP contribution in [-0.2, 0) is 10.0 Å². The van der Waals surface area contributed by atoms with Gasteiger partial charge >= 0.3 is 0 Å². The zero-order chi connectivity index (χ0) is 14.0. The minimum atomic E-state index is -3.74. The van der Waals surface area contributed by atoms with Crippen molar-refractivity contribution in [1.82, 2.24) is 4.72 Å². The van der Waals surface area contributed by atoms with Gasteiger partial charge in [-0.15, -0.1) is 0 Å². The third-order valence-electron chi connectivity index (χ3n) is 2.62. The first-order valence-electron chi connectivity index (χ1n) is 5.68. The first kappa shape index (κ1) is 15.1. The smallest absolute Gasteiger partial charge is 0.241 e. The first-order chi connectivity index (χ1) is 8.18. The van der Waals surface area contributed by atoms with Crippen LogP contribution in [0.2, 0.25) is 0 Å². The van der Waals surface area contributed by atoms with Gasteiger partial charge in [0.05, 0.1) is 4.90 Å². The zero-order valence-corrected chi connectivity index (χ0v) is 11.6. The number of nitrogens with one attached hydrogen (secondary N) is 1. The molecule has 0 aliphatic heterocycles. The Balaban J connectivity index is 3.11. The molecule has 0 spiro atoms. The summed E-state index contributed by atoms with van der Waals surface area (Å²) in [4.78, 5) is -0.0346. The summed E-state index contributed by atoms with van der Waals surface area (Å²) in [6.45, 7) is 5.49. The van der Waals surface area contributed by atoms with Crippen molar-refractivity contribution in [2.24, 2.45) is 5.73 Å². The van der Waals surface area contributed by atoms with E-state index >= 15 is 0 Å². The lowest BCUT2D eigenvalue weighted by atomic mass is 10.0. The van der Waals surface area contributed by atoms with E-state index in [9.17, 15) is 12.8 Å². The number of halogens is 1. The maximum Gasteiger partial charge on any atom is 0.241 e. The Kier molecular flexibility index (Phi) is 4.47. The Hall–Kier alpha value is -0.980. The molecule has 4 nitrogen and oxygen atoms in total. The van der Waals surface area contributed by atoms with E-state index in [1.165, 1.54) is 12.1 Å². The summed E-state index contributed by atoms with van der Waals surface area (Å²) in [6, 6.07) is 3.70. The monoisotopic (exact) mass is 274 g/mol. The van der Waals surface area contributed by atoms with Crippen LogP contribution in [0.1, 0.15) is 25.8 Å².